The van der Waals surface area contributed by atoms with E-state index in [-0.39, 0.29) is 11.7 Å². The Labute approximate surface area is 165 Å². The maximum Gasteiger partial charge on any atom is 0.244 e. The molecule has 3 nitrogen and oxygen atoms in total. The van der Waals surface area contributed by atoms with Gasteiger partial charge in [-0.2, -0.15) is 0 Å². The quantitative estimate of drug-likeness (QED) is 0.655. The van der Waals surface area contributed by atoms with Crippen LogP contribution in [0.5, 0.6) is 5.75 Å². The highest BCUT2D eigenvalue weighted by Crippen LogP contribution is 2.51. The van der Waals surface area contributed by atoms with Crippen molar-refractivity contribution in [3.63, 3.8) is 0 Å². The number of nitrogens with one attached hydrogen (secondary N) is 1. The van der Waals surface area contributed by atoms with E-state index in [2.05, 4.69) is 11.4 Å². The zero-order valence-corrected chi connectivity index (χ0v) is 15.7. The van der Waals surface area contributed by atoms with Crippen LogP contribution < -0.4 is 5.32 Å². The van der Waals surface area contributed by atoms with E-state index in [1.165, 1.54) is 31.2 Å². The molecule has 0 spiro atoms. The average Bonchev–Trinajstić information content (AvgIpc) is 3.36. The first-order chi connectivity index (χ1) is 13.7. The third kappa shape index (κ3) is 2.39. The van der Waals surface area contributed by atoms with Crippen molar-refractivity contribution >= 4 is 11.6 Å². The molecule has 5 rings (SSSR count). The van der Waals surface area contributed by atoms with Crippen LogP contribution in [0.3, 0.4) is 0 Å². The fourth-order valence-electron chi connectivity index (χ4n) is 5.02. The number of carbonyl (C=O) groups is 1. The number of aromatic hydroxyl groups is 1. The molecule has 0 bridgehead atoms. The normalized spacial score (nSPS) is 21.5. The SMILES string of the molecule is O=C1Nc2ccccc2C1(c1ccccc1)c1cc(C2CCCC2)ccc1O. The van der Waals surface area contributed by atoms with Crippen molar-refractivity contribution in [1.29, 1.82) is 0 Å². The second-order valence-electron chi connectivity index (χ2n) is 7.87. The first-order valence-corrected chi connectivity index (χ1v) is 10.0. The third-order valence-electron chi connectivity index (χ3n) is 6.38. The summed E-state index contributed by atoms with van der Waals surface area (Å²) in [6.07, 6.45) is 4.83. The number of rotatable bonds is 3. The van der Waals surface area contributed by atoms with Gasteiger partial charge in [-0.3, -0.25) is 4.79 Å². The van der Waals surface area contributed by atoms with Crippen LogP contribution in [0.25, 0.3) is 0 Å². The number of phenolic OH excluding ortho intramolecular Hbond substituents is 1. The molecule has 0 radical (unpaired) electrons. The molecule has 0 saturated heterocycles. The maximum atomic E-state index is 13.5. The van der Waals surface area contributed by atoms with Crippen LogP contribution in [0.4, 0.5) is 5.69 Å². The molecule has 2 aliphatic rings. The maximum absolute atomic E-state index is 13.5. The molecule has 3 heteroatoms. The minimum absolute atomic E-state index is 0.112. The Bertz CT molecular complexity index is 1040. The molecule has 1 aliphatic carbocycles. The zero-order chi connectivity index (χ0) is 19.1. The molecule has 1 heterocycles. The van der Waals surface area contributed by atoms with Gasteiger partial charge in [0.05, 0.1) is 0 Å². The highest BCUT2D eigenvalue weighted by Gasteiger charge is 2.51. The summed E-state index contributed by atoms with van der Waals surface area (Å²) in [6, 6.07) is 23.4. The highest BCUT2D eigenvalue weighted by atomic mass is 16.3. The van der Waals surface area contributed by atoms with Gasteiger partial charge < -0.3 is 10.4 Å². The van der Waals surface area contributed by atoms with Crippen LogP contribution in [0, 0.1) is 0 Å². The molecule has 0 aromatic heterocycles. The molecule has 1 fully saturated rings. The topological polar surface area (TPSA) is 49.3 Å². The Balaban J connectivity index is 1.80. The molecule has 28 heavy (non-hydrogen) atoms. The van der Waals surface area contributed by atoms with Crippen molar-refractivity contribution in [2.75, 3.05) is 5.32 Å². The third-order valence-corrected chi connectivity index (χ3v) is 6.38. The highest BCUT2D eigenvalue weighted by molar-refractivity contribution is 6.11. The van der Waals surface area contributed by atoms with Gasteiger partial charge in [0.25, 0.3) is 0 Å². The number of hydrogen-bond acceptors (Lipinski definition) is 2. The second-order valence-corrected chi connectivity index (χ2v) is 7.87. The molecule has 3 aromatic rings. The average molecular weight is 369 g/mol. The van der Waals surface area contributed by atoms with Crippen LogP contribution in [-0.2, 0) is 10.2 Å². The number of hydrogen-bond donors (Lipinski definition) is 2. The second kappa shape index (κ2) is 6.52. The van der Waals surface area contributed by atoms with E-state index < -0.39 is 5.41 Å². The van der Waals surface area contributed by atoms with Crippen molar-refractivity contribution in [3.8, 4) is 5.75 Å². The summed E-state index contributed by atoms with van der Waals surface area (Å²) >= 11 is 0. The van der Waals surface area contributed by atoms with E-state index in [4.69, 9.17) is 0 Å². The fourth-order valence-corrected chi connectivity index (χ4v) is 5.02. The smallest absolute Gasteiger partial charge is 0.244 e. The van der Waals surface area contributed by atoms with Crippen molar-refractivity contribution in [2.45, 2.75) is 37.0 Å². The molecule has 1 saturated carbocycles. The summed E-state index contributed by atoms with van der Waals surface area (Å²) in [7, 11) is 0. The number of para-hydroxylation sites is 1. The number of amides is 1. The van der Waals surface area contributed by atoms with E-state index in [9.17, 15) is 9.90 Å². The molecular formula is C25H23NO2. The first-order valence-electron chi connectivity index (χ1n) is 10.0. The van der Waals surface area contributed by atoms with E-state index in [0.29, 0.717) is 11.5 Å². The summed E-state index contributed by atoms with van der Waals surface area (Å²) in [4.78, 5) is 13.5. The Kier molecular flexibility index (Phi) is 3.97. The van der Waals surface area contributed by atoms with Crippen LogP contribution in [-0.4, -0.2) is 11.0 Å². The number of phenols is 1. The minimum atomic E-state index is -1.05. The van der Waals surface area contributed by atoms with Crippen molar-refractivity contribution < 1.29 is 9.90 Å². The summed E-state index contributed by atoms with van der Waals surface area (Å²) in [5.74, 6) is 0.558. The van der Waals surface area contributed by atoms with Crippen LogP contribution in [0.15, 0.2) is 72.8 Å². The molecule has 140 valence electrons. The Hall–Kier alpha value is -3.07. The van der Waals surface area contributed by atoms with Gasteiger partial charge in [0.15, 0.2) is 0 Å². The summed E-state index contributed by atoms with van der Waals surface area (Å²) in [5.41, 5.74) is 3.42. The molecule has 3 aromatic carbocycles. The molecule has 2 N–H and O–H groups in total. The van der Waals surface area contributed by atoms with E-state index in [1.54, 1.807) is 6.07 Å². The standard InChI is InChI=1S/C25H23NO2/c27-23-15-14-18(17-8-4-5-9-17)16-21(23)25(19-10-2-1-3-11-19)20-12-6-7-13-22(20)26-24(25)28/h1-3,6-7,10-17,27H,4-5,8-9H2,(H,26,28). The lowest BCUT2D eigenvalue weighted by Gasteiger charge is -2.30. The largest absolute Gasteiger partial charge is 0.508 e. The summed E-state index contributed by atoms with van der Waals surface area (Å²) in [5, 5.41) is 14.0. The van der Waals surface area contributed by atoms with Gasteiger partial charge >= 0.3 is 0 Å². The van der Waals surface area contributed by atoms with Gasteiger partial charge in [-0.25, -0.2) is 0 Å². The predicted octanol–water partition coefficient (Wildman–Crippen LogP) is 5.34. The Morgan fingerprint density at radius 2 is 1.57 bits per heavy atom. The Morgan fingerprint density at radius 1 is 0.857 bits per heavy atom. The number of fused-ring (bicyclic) bond motifs is 1. The number of benzene rings is 3. The zero-order valence-electron chi connectivity index (χ0n) is 15.7. The van der Waals surface area contributed by atoms with Gasteiger partial charge in [-0.05, 0) is 42.0 Å². The van der Waals surface area contributed by atoms with Crippen molar-refractivity contribution in [2.24, 2.45) is 0 Å². The van der Waals surface area contributed by atoms with Crippen LogP contribution in [0.2, 0.25) is 0 Å². The van der Waals surface area contributed by atoms with Gasteiger partial charge in [0.1, 0.15) is 11.2 Å². The van der Waals surface area contributed by atoms with Crippen molar-refractivity contribution in [1.82, 2.24) is 0 Å². The predicted molar refractivity (Wildman–Crippen MR) is 111 cm³/mol. The summed E-state index contributed by atoms with van der Waals surface area (Å²) in [6.45, 7) is 0. The van der Waals surface area contributed by atoms with E-state index in [0.717, 1.165) is 16.8 Å². The van der Waals surface area contributed by atoms with Crippen molar-refractivity contribution in [3.05, 3.63) is 95.1 Å². The number of carbonyl (C=O) groups excluding carboxylic acids is 1. The van der Waals surface area contributed by atoms with E-state index >= 15 is 0 Å². The fraction of sp³-hybridized carbons (Fsp3) is 0.240. The lowest BCUT2D eigenvalue weighted by Crippen LogP contribution is -2.37. The van der Waals surface area contributed by atoms with Gasteiger partial charge in [-0.15, -0.1) is 0 Å². The van der Waals surface area contributed by atoms with Gasteiger partial charge in [-0.1, -0.05) is 73.5 Å². The van der Waals surface area contributed by atoms with Gasteiger partial charge in [0.2, 0.25) is 5.91 Å². The first kappa shape index (κ1) is 17.1. The lowest BCUT2D eigenvalue weighted by atomic mass is 9.69. The monoisotopic (exact) mass is 369 g/mol. The lowest BCUT2D eigenvalue weighted by molar-refractivity contribution is -0.118. The molecule has 1 aliphatic heterocycles. The van der Waals surface area contributed by atoms with Gasteiger partial charge in [0, 0.05) is 16.8 Å². The van der Waals surface area contributed by atoms with Crippen LogP contribution >= 0.6 is 0 Å². The number of anilines is 1. The molecule has 1 atom stereocenters. The summed E-state index contributed by atoms with van der Waals surface area (Å²) < 4.78 is 0. The molecule has 1 unspecified atom stereocenters. The molecule has 1 amide bonds. The molecular weight excluding hydrogens is 346 g/mol. The minimum Gasteiger partial charge on any atom is -0.508 e. The van der Waals surface area contributed by atoms with E-state index in [1.807, 2.05) is 60.7 Å². The Morgan fingerprint density at radius 3 is 2.36 bits per heavy atom. The van der Waals surface area contributed by atoms with Crippen LogP contribution in [0.1, 0.15) is 53.9 Å².